The molecular weight excluding hydrogens is 215 g/mol. The van der Waals surface area contributed by atoms with Crippen molar-refractivity contribution in [2.45, 2.75) is 32.3 Å². The largest absolute Gasteiger partial charge is 0.392 e. The Balaban J connectivity index is 2.16. The average molecular weight is 229 g/mol. The molecule has 0 saturated heterocycles. The van der Waals surface area contributed by atoms with Gasteiger partial charge in [-0.15, -0.1) is 0 Å². The lowest BCUT2D eigenvalue weighted by atomic mass is 9.95. The molecule has 0 heterocycles. The monoisotopic (exact) mass is 228 g/mol. The van der Waals surface area contributed by atoms with Gasteiger partial charge in [-0.25, -0.2) is 4.39 Å². The molecule has 0 amide bonds. The molecule has 0 bridgehead atoms. The Morgan fingerprint density at radius 2 is 2.20 bits per heavy atom. The van der Waals surface area contributed by atoms with Crippen LogP contribution in [-0.4, -0.2) is 11.2 Å². The number of benzene rings is 1. The van der Waals surface area contributed by atoms with Gasteiger partial charge >= 0.3 is 0 Å². The highest BCUT2D eigenvalue weighted by molar-refractivity contribution is 6.31. The summed E-state index contributed by atoms with van der Waals surface area (Å²) in [5, 5.41) is 10.3. The van der Waals surface area contributed by atoms with Gasteiger partial charge in [0.2, 0.25) is 0 Å². The van der Waals surface area contributed by atoms with Gasteiger partial charge in [0.15, 0.2) is 0 Å². The van der Waals surface area contributed by atoms with Crippen LogP contribution in [0, 0.1) is 11.2 Å². The molecule has 1 aliphatic rings. The second-order valence-corrected chi connectivity index (χ2v) is 4.98. The molecule has 1 fully saturated rings. The molecule has 3 heteroatoms. The highest BCUT2D eigenvalue weighted by Crippen LogP contribution is 2.49. The smallest absolute Gasteiger partial charge is 0.127 e. The standard InChI is InChI=1S/C12H14ClFO/c1-12(5-6-12)11(15)7-8-9(13)3-2-4-10(8)14/h2-4,11,15H,5-7H2,1H3. The predicted octanol–water partition coefficient (Wildman–Crippen LogP) is 3.18. The van der Waals surface area contributed by atoms with Crippen molar-refractivity contribution in [1.29, 1.82) is 0 Å². The number of hydrogen-bond donors (Lipinski definition) is 1. The van der Waals surface area contributed by atoms with Gasteiger partial charge in [-0.2, -0.15) is 0 Å². The fourth-order valence-corrected chi connectivity index (χ4v) is 1.94. The summed E-state index contributed by atoms with van der Waals surface area (Å²) in [5.74, 6) is -0.328. The van der Waals surface area contributed by atoms with Crippen LogP contribution in [0.15, 0.2) is 18.2 Å². The fraction of sp³-hybridized carbons (Fsp3) is 0.500. The van der Waals surface area contributed by atoms with Gasteiger partial charge in [0.1, 0.15) is 5.82 Å². The summed E-state index contributed by atoms with van der Waals surface area (Å²) in [6, 6.07) is 4.61. The van der Waals surface area contributed by atoms with Crippen molar-refractivity contribution >= 4 is 11.6 Å². The van der Waals surface area contributed by atoms with E-state index >= 15 is 0 Å². The second kappa shape index (κ2) is 3.76. The van der Waals surface area contributed by atoms with E-state index in [4.69, 9.17) is 11.6 Å². The van der Waals surface area contributed by atoms with Crippen LogP contribution in [0.1, 0.15) is 25.3 Å². The highest BCUT2D eigenvalue weighted by Gasteiger charge is 2.44. The van der Waals surface area contributed by atoms with Crippen LogP contribution in [0.25, 0.3) is 0 Å². The van der Waals surface area contributed by atoms with Crippen molar-refractivity contribution in [3.8, 4) is 0 Å². The van der Waals surface area contributed by atoms with Gasteiger partial charge in [-0.1, -0.05) is 24.6 Å². The van der Waals surface area contributed by atoms with Crippen molar-refractivity contribution in [1.82, 2.24) is 0 Å². The van der Waals surface area contributed by atoms with Gasteiger partial charge in [0, 0.05) is 17.0 Å². The number of aliphatic hydroxyl groups is 1. The molecule has 1 aromatic rings. The van der Waals surface area contributed by atoms with Gasteiger partial charge in [0.05, 0.1) is 6.10 Å². The van der Waals surface area contributed by atoms with E-state index in [1.165, 1.54) is 6.07 Å². The van der Waals surface area contributed by atoms with E-state index in [2.05, 4.69) is 0 Å². The Labute approximate surface area is 93.9 Å². The minimum absolute atomic E-state index is 0.0222. The van der Waals surface area contributed by atoms with Crippen molar-refractivity contribution < 1.29 is 9.50 Å². The Morgan fingerprint density at radius 3 is 2.73 bits per heavy atom. The third kappa shape index (κ3) is 2.16. The topological polar surface area (TPSA) is 20.2 Å². The van der Waals surface area contributed by atoms with E-state index in [1.54, 1.807) is 12.1 Å². The molecule has 0 radical (unpaired) electrons. The van der Waals surface area contributed by atoms with Crippen molar-refractivity contribution in [2.75, 3.05) is 0 Å². The minimum Gasteiger partial charge on any atom is -0.392 e. The van der Waals surface area contributed by atoms with Crippen LogP contribution < -0.4 is 0 Å². The summed E-state index contributed by atoms with van der Waals surface area (Å²) in [6.07, 6.45) is 1.84. The molecule has 1 nitrogen and oxygen atoms in total. The summed E-state index contributed by atoms with van der Waals surface area (Å²) in [6.45, 7) is 2.02. The van der Waals surface area contributed by atoms with Crippen molar-refractivity contribution in [3.63, 3.8) is 0 Å². The Bertz CT molecular complexity index is 354. The minimum atomic E-state index is -0.494. The molecule has 1 saturated carbocycles. The second-order valence-electron chi connectivity index (χ2n) is 4.57. The fourth-order valence-electron chi connectivity index (χ4n) is 1.70. The van der Waals surface area contributed by atoms with E-state index in [0.29, 0.717) is 17.0 Å². The third-order valence-electron chi connectivity index (χ3n) is 3.30. The SMILES string of the molecule is CC1(C(O)Cc2c(F)cccc2Cl)CC1. The van der Waals surface area contributed by atoms with E-state index in [-0.39, 0.29) is 11.2 Å². The van der Waals surface area contributed by atoms with Gasteiger partial charge in [-0.05, 0) is 30.4 Å². The zero-order valence-corrected chi connectivity index (χ0v) is 9.39. The maximum atomic E-state index is 13.4. The van der Waals surface area contributed by atoms with Crippen LogP contribution in [0.4, 0.5) is 4.39 Å². The molecule has 0 aromatic heterocycles. The van der Waals surface area contributed by atoms with Crippen molar-refractivity contribution in [3.05, 3.63) is 34.6 Å². The first kappa shape index (κ1) is 10.9. The highest BCUT2D eigenvalue weighted by atomic mass is 35.5. The van der Waals surface area contributed by atoms with Gasteiger partial charge in [-0.3, -0.25) is 0 Å². The van der Waals surface area contributed by atoms with E-state index in [0.717, 1.165) is 12.8 Å². The van der Waals surface area contributed by atoms with Gasteiger partial charge < -0.3 is 5.11 Å². The maximum Gasteiger partial charge on any atom is 0.127 e. The molecule has 2 rings (SSSR count). The predicted molar refractivity (Wildman–Crippen MR) is 58.5 cm³/mol. The van der Waals surface area contributed by atoms with Crippen LogP contribution in [0.3, 0.4) is 0 Å². The Hall–Kier alpha value is -0.600. The summed E-state index contributed by atoms with van der Waals surface area (Å²) in [7, 11) is 0. The van der Waals surface area contributed by atoms with Gasteiger partial charge in [0.25, 0.3) is 0 Å². The lowest BCUT2D eigenvalue weighted by Crippen LogP contribution is -2.22. The summed E-state index contributed by atoms with van der Waals surface area (Å²) in [5.41, 5.74) is 0.408. The number of rotatable bonds is 3. The molecule has 1 aliphatic carbocycles. The Kier molecular flexibility index (Phi) is 2.73. The first-order valence-electron chi connectivity index (χ1n) is 5.14. The van der Waals surface area contributed by atoms with Crippen LogP contribution in [-0.2, 0) is 6.42 Å². The number of halogens is 2. The van der Waals surface area contributed by atoms with Crippen LogP contribution in [0.2, 0.25) is 5.02 Å². The average Bonchev–Trinajstić information content (AvgIpc) is 2.91. The van der Waals surface area contributed by atoms with Crippen LogP contribution in [0.5, 0.6) is 0 Å². The lowest BCUT2D eigenvalue weighted by Gasteiger charge is -2.18. The summed E-state index contributed by atoms with van der Waals surface area (Å²) >= 11 is 5.89. The first-order chi connectivity index (χ1) is 7.03. The normalized spacial score (nSPS) is 20.0. The van der Waals surface area contributed by atoms with Crippen LogP contribution >= 0.6 is 11.6 Å². The molecule has 1 unspecified atom stereocenters. The molecule has 1 aromatic carbocycles. The lowest BCUT2D eigenvalue weighted by molar-refractivity contribution is 0.102. The quantitative estimate of drug-likeness (QED) is 0.843. The molecule has 0 spiro atoms. The third-order valence-corrected chi connectivity index (χ3v) is 3.66. The summed E-state index contributed by atoms with van der Waals surface area (Å²) < 4.78 is 13.4. The molecule has 0 aliphatic heterocycles. The van der Waals surface area contributed by atoms with E-state index in [9.17, 15) is 9.50 Å². The first-order valence-corrected chi connectivity index (χ1v) is 5.52. The molecular formula is C12H14ClFO. The molecule has 82 valence electrons. The van der Waals surface area contributed by atoms with E-state index < -0.39 is 6.10 Å². The number of hydrogen-bond acceptors (Lipinski definition) is 1. The summed E-state index contributed by atoms with van der Waals surface area (Å²) in [4.78, 5) is 0. The maximum absolute atomic E-state index is 13.4. The molecule has 15 heavy (non-hydrogen) atoms. The molecule has 1 N–H and O–H groups in total. The van der Waals surface area contributed by atoms with E-state index in [1.807, 2.05) is 6.92 Å². The zero-order valence-electron chi connectivity index (χ0n) is 8.63. The number of aliphatic hydroxyl groups excluding tert-OH is 1. The molecule has 1 atom stereocenters. The van der Waals surface area contributed by atoms with Crippen molar-refractivity contribution in [2.24, 2.45) is 5.41 Å². The zero-order chi connectivity index (χ0) is 11.1. The Morgan fingerprint density at radius 1 is 1.53 bits per heavy atom.